The van der Waals surface area contributed by atoms with Crippen LogP contribution in [0, 0.1) is 0 Å². The predicted octanol–water partition coefficient (Wildman–Crippen LogP) is 15.7. The van der Waals surface area contributed by atoms with Crippen molar-refractivity contribution in [2.45, 2.75) is 0 Å². The lowest BCUT2D eigenvalue weighted by Crippen LogP contribution is -2.74. The summed E-state index contributed by atoms with van der Waals surface area (Å²) in [5.41, 5.74) is 15.1. The lowest BCUT2D eigenvalue weighted by molar-refractivity contribution is 1.13. The highest BCUT2D eigenvalue weighted by Gasteiger charge is 2.41. The van der Waals surface area contributed by atoms with Crippen LogP contribution in [0.3, 0.4) is 0 Å². The summed E-state index contributed by atoms with van der Waals surface area (Å²) in [6.45, 7) is 0. The highest BCUT2D eigenvalue weighted by molar-refractivity contribution is 7.19. The SMILES string of the molecule is c1ccc([Si](c2ccccc2)(c2ccccc2)c2ccc(-c3ccc(-c4cc(-n5c6ccccc6c6ccccc65)cc(-n5c6ccccc6c6c(-n7c8ccccc8c8ccccc87)cccc65)c4)cc3)cc2)cc1. The van der Waals surface area contributed by atoms with Gasteiger partial charge in [0.2, 0.25) is 0 Å². The first-order valence-electron chi connectivity index (χ1n) is 26.3. The van der Waals surface area contributed by atoms with E-state index in [2.05, 4.69) is 311 Å². The van der Waals surface area contributed by atoms with Gasteiger partial charge in [-0.25, -0.2) is 0 Å². The van der Waals surface area contributed by atoms with E-state index in [9.17, 15) is 0 Å². The van der Waals surface area contributed by atoms with Crippen LogP contribution in [0.5, 0.6) is 0 Å². The van der Waals surface area contributed by atoms with Gasteiger partial charge in [-0.2, -0.15) is 0 Å². The lowest BCUT2D eigenvalue weighted by Gasteiger charge is -2.34. The number of benzene rings is 12. The Kier molecular flexibility index (Phi) is 10.2. The summed E-state index contributed by atoms with van der Waals surface area (Å²) < 4.78 is 7.41. The zero-order valence-corrected chi connectivity index (χ0v) is 42.6. The van der Waals surface area contributed by atoms with Crippen LogP contribution in [0.4, 0.5) is 0 Å². The van der Waals surface area contributed by atoms with Crippen LogP contribution in [0.1, 0.15) is 0 Å². The van der Waals surface area contributed by atoms with Crippen LogP contribution in [-0.4, -0.2) is 21.8 Å². The minimum Gasteiger partial charge on any atom is -0.309 e. The second-order valence-corrected chi connectivity index (χ2v) is 23.8. The first-order chi connectivity index (χ1) is 37.7. The second-order valence-electron chi connectivity index (χ2n) is 20.0. The molecule has 0 aliphatic rings. The molecule has 3 heterocycles. The van der Waals surface area contributed by atoms with Gasteiger partial charge in [0.05, 0.1) is 38.8 Å². The number of fused-ring (bicyclic) bond motifs is 9. The Morgan fingerprint density at radius 3 is 0.974 bits per heavy atom. The molecular weight excluding hydrogens is 935 g/mol. The van der Waals surface area contributed by atoms with E-state index in [1.165, 1.54) is 91.9 Å². The lowest BCUT2D eigenvalue weighted by atomic mass is 9.99. The van der Waals surface area contributed by atoms with Crippen LogP contribution in [-0.2, 0) is 0 Å². The molecule has 0 spiro atoms. The molecule has 0 N–H and O–H groups in total. The maximum atomic E-state index is 2.49. The molecule has 4 heteroatoms. The molecule has 15 aromatic rings. The average molecular weight is 984 g/mol. The fourth-order valence-electron chi connectivity index (χ4n) is 12.7. The smallest absolute Gasteiger partial charge is 0.179 e. The van der Waals surface area contributed by atoms with Gasteiger partial charge >= 0.3 is 0 Å². The van der Waals surface area contributed by atoms with E-state index >= 15 is 0 Å². The summed E-state index contributed by atoms with van der Waals surface area (Å²) in [5, 5.41) is 12.9. The van der Waals surface area contributed by atoms with Crippen LogP contribution in [0.2, 0.25) is 0 Å². The number of hydrogen-bond donors (Lipinski definition) is 0. The van der Waals surface area contributed by atoms with Gasteiger partial charge in [-0.05, 0) is 104 Å². The fraction of sp³-hybridized carbons (Fsp3) is 0. The van der Waals surface area contributed by atoms with Crippen molar-refractivity contribution in [2.24, 2.45) is 0 Å². The Hall–Kier alpha value is -9.74. The third kappa shape index (κ3) is 6.74. The molecule has 0 saturated heterocycles. The highest BCUT2D eigenvalue weighted by atomic mass is 28.3. The Labute approximate surface area is 442 Å². The summed E-state index contributed by atoms with van der Waals surface area (Å²) in [7, 11) is -2.65. The zero-order valence-electron chi connectivity index (χ0n) is 41.6. The summed E-state index contributed by atoms with van der Waals surface area (Å²) in [6, 6.07) is 110. The molecule has 76 heavy (non-hydrogen) atoms. The molecule has 0 aliphatic carbocycles. The van der Waals surface area contributed by atoms with E-state index in [1.807, 2.05) is 0 Å². The van der Waals surface area contributed by atoms with E-state index in [-0.39, 0.29) is 0 Å². The van der Waals surface area contributed by atoms with Gasteiger partial charge < -0.3 is 13.7 Å². The Bertz CT molecular complexity index is 4460. The molecular formula is C72H49N3Si. The van der Waals surface area contributed by atoms with Gasteiger partial charge in [0.25, 0.3) is 0 Å². The summed E-state index contributed by atoms with van der Waals surface area (Å²) >= 11 is 0. The normalized spacial score (nSPS) is 11.9. The first kappa shape index (κ1) is 43.8. The van der Waals surface area contributed by atoms with Gasteiger partial charge in [-0.15, -0.1) is 0 Å². The molecule has 356 valence electrons. The molecule has 0 amide bonds. The average Bonchev–Trinajstić information content (AvgIpc) is 4.24. The van der Waals surface area contributed by atoms with Crippen molar-refractivity contribution in [3.63, 3.8) is 0 Å². The summed E-state index contributed by atoms with van der Waals surface area (Å²) in [5.74, 6) is 0. The molecule has 0 aliphatic heterocycles. The van der Waals surface area contributed by atoms with Crippen molar-refractivity contribution in [3.05, 3.63) is 297 Å². The van der Waals surface area contributed by atoms with Crippen molar-refractivity contribution < 1.29 is 0 Å². The van der Waals surface area contributed by atoms with Crippen LogP contribution >= 0.6 is 0 Å². The molecule has 0 saturated carbocycles. The standard InChI is InChI=1S/C72H49N3Si/c1-4-21-56(22-5-1)76(57-23-6-2-7-24-57,58-25-8-3-9-26-58)59-45-43-51(44-46-59)50-39-41-52(42-40-50)53-47-54(73-65-32-15-10-27-60(65)61-28-11-16-33-66(61)73)49-55(48-53)74-69-36-19-14-31-64(69)72-70(74)37-20-38-71(72)75-67-34-17-12-29-62(67)63-30-13-18-35-68(63)75/h1-49H. The van der Waals surface area contributed by atoms with Crippen LogP contribution in [0.15, 0.2) is 297 Å². The predicted molar refractivity (Wildman–Crippen MR) is 324 cm³/mol. The molecule has 3 aromatic heterocycles. The van der Waals surface area contributed by atoms with Crippen molar-refractivity contribution in [3.8, 4) is 39.3 Å². The van der Waals surface area contributed by atoms with E-state index in [4.69, 9.17) is 0 Å². The van der Waals surface area contributed by atoms with Gasteiger partial charge in [-0.3, -0.25) is 0 Å². The van der Waals surface area contributed by atoms with Gasteiger partial charge in [0, 0.05) is 43.7 Å². The van der Waals surface area contributed by atoms with Crippen LogP contribution in [0.25, 0.3) is 105 Å². The molecule has 12 aromatic carbocycles. The third-order valence-corrected chi connectivity index (χ3v) is 20.8. The summed E-state index contributed by atoms with van der Waals surface area (Å²) in [6.07, 6.45) is 0. The number of aromatic nitrogens is 3. The van der Waals surface area contributed by atoms with Crippen LogP contribution < -0.4 is 20.7 Å². The third-order valence-electron chi connectivity index (χ3n) is 16.0. The molecule has 0 atom stereocenters. The minimum atomic E-state index is -2.65. The number of rotatable bonds is 9. The zero-order chi connectivity index (χ0) is 50.2. The van der Waals surface area contributed by atoms with Gasteiger partial charge in [0.15, 0.2) is 8.07 Å². The second kappa shape index (κ2) is 17.7. The number of nitrogens with zero attached hydrogens (tertiary/aromatic N) is 3. The molecule has 0 radical (unpaired) electrons. The molecule has 0 bridgehead atoms. The van der Waals surface area contributed by atoms with Crippen molar-refractivity contribution >= 4 is 94.2 Å². The molecule has 0 unspecified atom stereocenters. The number of hydrogen-bond acceptors (Lipinski definition) is 0. The Morgan fingerprint density at radius 1 is 0.211 bits per heavy atom. The van der Waals surface area contributed by atoms with Gasteiger partial charge in [-0.1, -0.05) is 237 Å². The largest absolute Gasteiger partial charge is 0.309 e. The molecule has 3 nitrogen and oxygen atoms in total. The van der Waals surface area contributed by atoms with Crippen molar-refractivity contribution in [1.29, 1.82) is 0 Å². The van der Waals surface area contributed by atoms with Crippen molar-refractivity contribution in [1.82, 2.24) is 13.7 Å². The van der Waals surface area contributed by atoms with Gasteiger partial charge in [0.1, 0.15) is 0 Å². The molecule has 15 rings (SSSR count). The number of para-hydroxylation sites is 5. The monoisotopic (exact) mass is 983 g/mol. The van der Waals surface area contributed by atoms with E-state index in [0.29, 0.717) is 0 Å². The maximum absolute atomic E-state index is 2.65. The minimum absolute atomic E-state index is 1.10. The highest BCUT2D eigenvalue weighted by Crippen LogP contribution is 2.42. The van der Waals surface area contributed by atoms with E-state index in [0.717, 1.165) is 33.5 Å². The Balaban J connectivity index is 0.904. The first-order valence-corrected chi connectivity index (χ1v) is 28.3. The quantitative estimate of drug-likeness (QED) is 0.101. The van der Waals surface area contributed by atoms with E-state index in [1.54, 1.807) is 0 Å². The van der Waals surface area contributed by atoms with E-state index < -0.39 is 8.07 Å². The fourth-order valence-corrected chi connectivity index (χ4v) is 17.4. The topological polar surface area (TPSA) is 14.8 Å². The Morgan fingerprint density at radius 2 is 0.526 bits per heavy atom. The summed E-state index contributed by atoms with van der Waals surface area (Å²) in [4.78, 5) is 0. The molecule has 0 fully saturated rings. The van der Waals surface area contributed by atoms with Crippen molar-refractivity contribution in [2.75, 3.05) is 0 Å². The maximum Gasteiger partial charge on any atom is 0.179 e.